The lowest BCUT2D eigenvalue weighted by Gasteiger charge is -2.04. The van der Waals surface area contributed by atoms with Crippen LogP contribution in [-0.4, -0.2) is 4.98 Å². The van der Waals surface area contributed by atoms with Gasteiger partial charge in [-0.25, -0.2) is 4.98 Å². The third-order valence-corrected chi connectivity index (χ3v) is 4.40. The molecule has 0 bridgehead atoms. The molecule has 0 radical (unpaired) electrons. The Hall–Kier alpha value is -0.850. The van der Waals surface area contributed by atoms with Gasteiger partial charge in [0.05, 0.1) is 20.9 Å². The molecule has 0 amide bonds. The number of fused-ring (bicyclic) bond motifs is 1. The van der Waals surface area contributed by atoms with Gasteiger partial charge in [0, 0.05) is 3.57 Å². The largest absolute Gasteiger partial charge is 0.330 e. The topological polar surface area (TPSA) is 24.9 Å². The summed E-state index contributed by atoms with van der Waals surface area (Å²) in [4.78, 5) is 4.52. The quantitative estimate of drug-likeness (QED) is 0.605. The molecule has 0 atom stereocenters. The Morgan fingerprint density at radius 1 is 1.17 bits per heavy atom. The Balaban J connectivity index is 1.96. The van der Waals surface area contributed by atoms with Crippen molar-refractivity contribution >= 4 is 66.6 Å². The number of halogens is 2. The van der Waals surface area contributed by atoms with E-state index in [4.69, 9.17) is 11.6 Å². The number of nitrogens with zero attached hydrogens (tertiary/aromatic N) is 1. The molecule has 90 valence electrons. The zero-order valence-electron chi connectivity index (χ0n) is 9.15. The minimum absolute atomic E-state index is 0.709. The van der Waals surface area contributed by atoms with Gasteiger partial charge in [0.15, 0.2) is 5.13 Å². The molecule has 0 saturated heterocycles. The van der Waals surface area contributed by atoms with E-state index < -0.39 is 0 Å². The van der Waals surface area contributed by atoms with Crippen LogP contribution in [0.4, 0.5) is 10.8 Å². The average Bonchev–Trinajstić information content (AvgIpc) is 2.75. The van der Waals surface area contributed by atoms with Crippen molar-refractivity contribution in [3.8, 4) is 0 Å². The van der Waals surface area contributed by atoms with Gasteiger partial charge in [0.25, 0.3) is 0 Å². The van der Waals surface area contributed by atoms with Crippen LogP contribution < -0.4 is 5.32 Å². The Morgan fingerprint density at radius 3 is 2.78 bits per heavy atom. The van der Waals surface area contributed by atoms with Crippen molar-refractivity contribution in [2.24, 2.45) is 0 Å². The lowest BCUT2D eigenvalue weighted by molar-refractivity contribution is 1.44. The van der Waals surface area contributed by atoms with E-state index in [9.17, 15) is 0 Å². The number of hydrogen-bond acceptors (Lipinski definition) is 3. The maximum Gasteiger partial charge on any atom is 0.188 e. The van der Waals surface area contributed by atoms with Gasteiger partial charge in [-0.15, -0.1) is 0 Å². The first kappa shape index (κ1) is 12.2. The van der Waals surface area contributed by atoms with Crippen molar-refractivity contribution in [1.82, 2.24) is 4.98 Å². The molecule has 0 aliphatic carbocycles. The number of aromatic nitrogens is 1. The zero-order valence-corrected chi connectivity index (χ0v) is 12.9. The Kier molecular flexibility index (Phi) is 3.41. The predicted molar refractivity (Wildman–Crippen MR) is 87.1 cm³/mol. The van der Waals surface area contributed by atoms with Crippen molar-refractivity contribution in [3.63, 3.8) is 0 Å². The number of hydrogen-bond donors (Lipinski definition) is 1. The highest BCUT2D eigenvalue weighted by molar-refractivity contribution is 14.1. The van der Waals surface area contributed by atoms with Gasteiger partial charge >= 0.3 is 0 Å². The van der Waals surface area contributed by atoms with Crippen LogP contribution in [0, 0.1) is 3.57 Å². The highest BCUT2D eigenvalue weighted by Crippen LogP contribution is 2.31. The van der Waals surface area contributed by atoms with Gasteiger partial charge in [-0.05, 0) is 52.9 Å². The molecule has 1 heterocycles. The smallest absolute Gasteiger partial charge is 0.188 e. The Labute approximate surface area is 127 Å². The second-order valence-electron chi connectivity index (χ2n) is 3.74. The number of para-hydroxylation sites is 1. The summed E-state index contributed by atoms with van der Waals surface area (Å²) >= 11 is 10.0. The number of thiazole rings is 1. The molecule has 0 aliphatic rings. The molecule has 0 fully saturated rings. The van der Waals surface area contributed by atoms with Crippen molar-refractivity contribution < 1.29 is 0 Å². The van der Waals surface area contributed by atoms with Crippen molar-refractivity contribution in [2.45, 2.75) is 0 Å². The van der Waals surface area contributed by atoms with E-state index in [2.05, 4.69) is 39.0 Å². The van der Waals surface area contributed by atoms with E-state index >= 15 is 0 Å². The molecular formula is C13H8ClIN2S. The number of anilines is 2. The van der Waals surface area contributed by atoms with Crippen LogP contribution in [0.1, 0.15) is 0 Å². The van der Waals surface area contributed by atoms with Crippen LogP contribution in [-0.2, 0) is 0 Å². The maximum atomic E-state index is 6.19. The second kappa shape index (κ2) is 5.03. The fourth-order valence-electron chi connectivity index (χ4n) is 1.63. The van der Waals surface area contributed by atoms with E-state index in [0.29, 0.717) is 5.02 Å². The summed E-state index contributed by atoms with van der Waals surface area (Å²) in [5, 5.41) is 4.83. The van der Waals surface area contributed by atoms with Crippen LogP contribution >= 0.6 is 45.5 Å². The zero-order chi connectivity index (χ0) is 12.5. The molecule has 1 N–H and O–H groups in total. The van der Waals surface area contributed by atoms with Crippen molar-refractivity contribution in [1.29, 1.82) is 0 Å². The van der Waals surface area contributed by atoms with Crippen LogP contribution in [0.5, 0.6) is 0 Å². The molecule has 0 spiro atoms. The molecular weight excluding hydrogens is 379 g/mol. The molecule has 2 nitrogen and oxygen atoms in total. The molecule has 2 aromatic carbocycles. The molecule has 5 heteroatoms. The lowest BCUT2D eigenvalue weighted by Crippen LogP contribution is -1.90. The highest BCUT2D eigenvalue weighted by atomic mass is 127. The third-order valence-electron chi connectivity index (χ3n) is 2.47. The second-order valence-corrected chi connectivity index (χ2v) is 6.42. The monoisotopic (exact) mass is 386 g/mol. The summed E-state index contributed by atoms with van der Waals surface area (Å²) in [6.07, 6.45) is 0. The Morgan fingerprint density at radius 2 is 2.00 bits per heavy atom. The molecule has 0 aliphatic heterocycles. The standard InChI is InChI=1S/C13H8ClIN2S/c14-9-7-8(15)5-6-10(9)16-13-17-11-3-1-2-4-12(11)18-13/h1-7H,(H,16,17). The minimum Gasteiger partial charge on any atom is -0.330 e. The molecule has 0 saturated carbocycles. The molecule has 3 rings (SSSR count). The van der Waals surface area contributed by atoms with E-state index in [1.807, 2.05) is 36.4 Å². The molecule has 0 unspecified atom stereocenters. The van der Waals surface area contributed by atoms with Crippen LogP contribution in [0.15, 0.2) is 42.5 Å². The first-order valence-electron chi connectivity index (χ1n) is 5.30. The van der Waals surface area contributed by atoms with Crippen molar-refractivity contribution in [2.75, 3.05) is 5.32 Å². The SMILES string of the molecule is Clc1cc(I)ccc1Nc1nc2ccccc2s1. The van der Waals surface area contributed by atoms with Crippen LogP contribution in [0.25, 0.3) is 10.2 Å². The average molecular weight is 387 g/mol. The third kappa shape index (κ3) is 2.46. The summed E-state index contributed by atoms with van der Waals surface area (Å²) in [6, 6.07) is 14.0. The lowest BCUT2D eigenvalue weighted by atomic mass is 10.3. The fraction of sp³-hybridized carbons (Fsp3) is 0. The van der Waals surface area contributed by atoms with E-state index in [0.717, 1.165) is 19.9 Å². The summed E-state index contributed by atoms with van der Waals surface area (Å²) < 4.78 is 2.29. The van der Waals surface area contributed by atoms with E-state index in [-0.39, 0.29) is 0 Å². The minimum atomic E-state index is 0.709. The number of rotatable bonds is 2. The highest BCUT2D eigenvalue weighted by Gasteiger charge is 2.06. The summed E-state index contributed by atoms with van der Waals surface area (Å²) in [5.41, 5.74) is 1.89. The first-order valence-corrected chi connectivity index (χ1v) is 7.57. The van der Waals surface area contributed by atoms with Crippen LogP contribution in [0.3, 0.4) is 0 Å². The molecule has 3 aromatic rings. The molecule has 18 heavy (non-hydrogen) atoms. The summed E-state index contributed by atoms with van der Waals surface area (Å²) in [6.45, 7) is 0. The Bertz CT molecular complexity index is 678. The van der Waals surface area contributed by atoms with Gasteiger partial charge in [-0.1, -0.05) is 35.1 Å². The maximum absolute atomic E-state index is 6.19. The molecule has 1 aromatic heterocycles. The van der Waals surface area contributed by atoms with Crippen LogP contribution in [0.2, 0.25) is 5.02 Å². The van der Waals surface area contributed by atoms with E-state index in [1.165, 1.54) is 4.70 Å². The van der Waals surface area contributed by atoms with Gasteiger partial charge in [-0.2, -0.15) is 0 Å². The number of benzene rings is 2. The summed E-state index contributed by atoms with van der Waals surface area (Å²) in [5.74, 6) is 0. The van der Waals surface area contributed by atoms with Gasteiger partial charge in [-0.3, -0.25) is 0 Å². The van der Waals surface area contributed by atoms with E-state index in [1.54, 1.807) is 11.3 Å². The summed E-state index contributed by atoms with van der Waals surface area (Å²) in [7, 11) is 0. The van der Waals surface area contributed by atoms with Crippen molar-refractivity contribution in [3.05, 3.63) is 51.1 Å². The number of nitrogens with one attached hydrogen (secondary N) is 1. The normalized spacial score (nSPS) is 10.8. The van der Waals surface area contributed by atoms with Gasteiger partial charge < -0.3 is 5.32 Å². The van der Waals surface area contributed by atoms with Gasteiger partial charge in [0.2, 0.25) is 0 Å². The fourth-order valence-corrected chi connectivity index (χ4v) is 3.41. The first-order chi connectivity index (χ1) is 8.72. The van der Waals surface area contributed by atoms with Gasteiger partial charge in [0.1, 0.15) is 0 Å². The predicted octanol–water partition coefficient (Wildman–Crippen LogP) is 5.30.